The second-order valence-corrected chi connectivity index (χ2v) is 6.18. The van der Waals surface area contributed by atoms with Crippen molar-refractivity contribution < 1.29 is 14.5 Å². The van der Waals surface area contributed by atoms with E-state index in [1.54, 1.807) is 23.5 Å². The number of aromatic carboxylic acids is 1. The lowest BCUT2D eigenvalue weighted by Gasteiger charge is -2.00. The number of pyridine rings is 1. The van der Waals surface area contributed by atoms with Gasteiger partial charge in [0.1, 0.15) is 11.7 Å². The molecule has 1 N–H and O–H groups in total. The zero-order chi connectivity index (χ0) is 14.6. The van der Waals surface area contributed by atoms with Crippen LogP contribution in [0.2, 0.25) is 0 Å². The molecule has 4 heteroatoms. The van der Waals surface area contributed by atoms with E-state index in [1.165, 1.54) is 20.3 Å². The fraction of sp³-hybridized carbons (Fsp3) is 0.0588. The summed E-state index contributed by atoms with van der Waals surface area (Å²) in [6.45, 7) is 0. The van der Waals surface area contributed by atoms with Gasteiger partial charge < -0.3 is 5.11 Å². The summed E-state index contributed by atoms with van der Waals surface area (Å²) >= 11 is 1.74. The van der Waals surface area contributed by atoms with Crippen LogP contribution in [0.25, 0.3) is 31.2 Å². The molecule has 2 aromatic carbocycles. The van der Waals surface area contributed by atoms with Crippen molar-refractivity contribution in [3.05, 3.63) is 54.1 Å². The second kappa shape index (κ2) is 4.27. The minimum absolute atomic E-state index is 0.322. The molecule has 2 aromatic heterocycles. The van der Waals surface area contributed by atoms with Crippen LogP contribution in [0.4, 0.5) is 0 Å². The zero-order valence-corrected chi connectivity index (χ0v) is 12.1. The van der Waals surface area contributed by atoms with Crippen molar-refractivity contribution in [2.75, 3.05) is 0 Å². The molecule has 3 nitrogen and oxygen atoms in total. The molecule has 21 heavy (non-hydrogen) atoms. The van der Waals surface area contributed by atoms with Crippen LogP contribution in [0.15, 0.2) is 48.5 Å². The third kappa shape index (κ3) is 1.73. The fourth-order valence-electron chi connectivity index (χ4n) is 2.86. The van der Waals surface area contributed by atoms with Gasteiger partial charge in [0.2, 0.25) is 11.0 Å². The lowest BCUT2D eigenvalue weighted by Crippen LogP contribution is -2.29. The predicted octanol–water partition coefficient (Wildman–Crippen LogP) is 3.73. The number of aryl methyl sites for hydroxylation is 1. The van der Waals surface area contributed by atoms with Crippen molar-refractivity contribution in [1.82, 2.24) is 0 Å². The first-order valence-corrected chi connectivity index (χ1v) is 7.44. The molecule has 0 radical (unpaired) electrons. The summed E-state index contributed by atoms with van der Waals surface area (Å²) in [7, 11) is 2.03. The van der Waals surface area contributed by atoms with E-state index in [9.17, 15) is 4.79 Å². The molecular formula is C17H12NO2S+. The average molecular weight is 294 g/mol. The summed E-state index contributed by atoms with van der Waals surface area (Å²) < 4.78 is 4.57. The third-order valence-electron chi connectivity index (χ3n) is 3.85. The molecule has 0 unspecified atom stereocenters. The van der Waals surface area contributed by atoms with E-state index in [4.69, 9.17) is 5.11 Å². The van der Waals surface area contributed by atoms with E-state index in [1.807, 2.05) is 25.2 Å². The highest BCUT2D eigenvalue weighted by atomic mass is 32.1. The summed E-state index contributed by atoms with van der Waals surface area (Å²) in [5, 5.41) is 11.3. The first kappa shape index (κ1) is 12.3. The number of carboxylic acids is 1. The van der Waals surface area contributed by atoms with E-state index in [0.717, 1.165) is 10.9 Å². The topological polar surface area (TPSA) is 41.2 Å². The molecule has 0 fully saturated rings. The molecular weight excluding hydrogens is 282 g/mol. The molecule has 2 heterocycles. The number of rotatable bonds is 1. The predicted molar refractivity (Wildman–Crippen MR) is 85.0 cm³/mol. The molecule has 0 spiro atoms. The molecule has 0 aliphatic rings. The van der Waals surface area contributed by atoms with Gasteiger partial charge >= 0.3 is 5.97 Å². The van der Waals surface area contributed by atoms with E-state index in [2.05, 4.69) is 22.8 Å². The minimum Gasteiger partial charge on any atom is -0.478 e. The number of carboxylic acid groups (broad SMARTS) is 1. The van der Waals surface area contributed by atoms with Gasteiger partial charge in [0.15, 0.2) is 0 Å². The van der Waals surface area contributed by atoms with Crippen molar-refractivity contribution in [1.29, 1.82) is 0 Å². The maximum absolute atomic E-state index is 11.1. The average Bonchev–Trinajstić information content (AvgIpc) is 2.85. The molecule has 0 bridgehead atoms. The van der Waals surface area contributed by atoms with Crippen molar-refractivity contribution >= 4 is 48.5 Å². The second-order valence-electron chi connectivity index (χ2n) is 5.09. The monoisotopic (exact) mass is 294 g/mol. The summed E-state index contributed by atoms with van der Waals surface area (Å²) in [5.74, 6) is -0.893. The molecule has 0 aliphatic carbocycles. The Kier molecular flexibility index (Phi) is 2.50. The number of benzene rings is 2. The van der Waals surface area contributed by atoms with Crippen LogP contribution in [0, 0.1) is 0 Å². The first-order chi connectivity index (χ1) is 10.1. The van der Waals surface area contributed by atoms with Crippen LogP contribution >= 0.6 is 11.3 Å². The van der Waals surface area contributed by atoms with Crippen molar-refractivity contribution in [3.8, 4) is 0 Å². The quantitative estimate of drug-likeness (QED) is 0.543. The minimum atomic E-state index is -0.893. The van der Waals surface area contributed by atoms with Crippen molar-refractivity contribution in [3.63, 3.8) is 0 Å². The number of hydrogen-bond donors (Lipinski definition) is 1. The van der Waals surface area contributed by atoms with Gasteiger partial charge in [0.05, 0.1) is 10.9 Å². The highest BCUT2D eigenvalue weighted by molar-refractivity contribution is 7.25. The third-order valence-corrected chi connectivity index (χ3v) is 4.96. The molecule has 0 aliphatic heterocycles. The van der Waals surface area contributed by atoms with Crippen molar-refractivity contribution in [2.24, 2.45) is 7.05 Å². The number of thiophene rings is 1. The lowest BCUT2D eigenvalue weighted by molar-refractivity contribution is -0.616. The molecule has 4 rings (SSSR count). The van der Waals surface area contributed by atoms with Crippen LogP contribution in [-0.4, -0.2) is 11.1 Å². The fourth-order valence-corrected chi connectivity index (χ4v) is 4.05. The Hall–Kier alpha value is -2.46. The maximum atomic E-state index is 11.1. The summed E-state index contributed by atoms with van der Waals surface area (Å²) in [4.78, 5) is 11.1. The Morgan fingerprint density at radius 3 is 2.71 bits per heavy atom. The Balaban J connectivity index is 2.19. The van der Waals surface area contributed by atoms with Crippen LogP contribution in [0.3, 0.4) is 0 Å². The van der Waals surface area contributed by atoms with E-state index in [0.29, 0.717) is 5.56 Å². The van der Waals surface area contributed by atoms with Crippen LogP contribution in [-0.2, 0) is 7.05 Å². The number of carbonyl (C=O) groups is 1. The van der Waals surface area contributed by atoms with Crippen molar-refractivity contribution in [2.45, 2.75) is 0 Å². The van der Waals surface area contributed by atoms with Crippen LogP contribution in [0.1, 0.15) is 10.4 Å². The summed E-state index contributed by atoms with van der Waals surface area (Å²) in [5.41, 5.74) is 2.56. The molecule has 4 aromatic rings. The van der Waals surface area contributed by atoms with Crippen LogP contribution < -0.4 is 4.57 Å². The van der Waals surface area contributed by atoms with E-state index < -0.39 is 5.97 Å². The Bertz CT molecular complexity index is 1030. The van der Waals surface area contributed by atoms with Gasteiger partial charge in [-0.2, -0.15) is 4.57 Å². The SMILES string of the molecule is C[n+]1c2ccc(C(=O)O)cc2cc2sc3ccccc3c21. The van der Waals surface area contributed by atoms with Gasteiger partial charge in [0, 0.05) is 16.2 Å². The highest BCUT2D eigenvalue weighted by Gasteiger charge is 2.18. The van der Waals surface area contributed by atoms with Gasteiger partial charge in [-0.1, -0.05) is 12.1 Å². The molecule has 0 amide bonds. The van der Waals surface area contributed by atoms with Gasteiger partial charge in [0.25, 0.3) is 0 Å². The Morgan fingerprint density at radius 2 is 1.90 bits per heavy atom. The summed E-state index contributed by atoms with van der Waals surface area (Å²) in [6, 6.07) is 15.7. The number of nitrogens with zero attached hydrogens (tertiary/aromatic N) is 1. The van der Waals surface area contributed by atoms with Gasteiger partial charge in [-0.25, -0.2) is 4.79 Å². The molecule has 0 atom stereocenters. The summed E-state index contributed by atoms with van der Waals surface area (Å²) in [6.07, 6.45) is 0. The van der Waals surface area contributed by atoms with E-state index in [-0.39, 0.29) is 0 Å². The molecule has 0 saturated heterocycles. The van der Waals surface area contributed by atoms with Crippen LogP contribution in [0.5, 0.6) is 0 Å². The maximum Gasteiger partial charge on any atom is 0.335 e. The highest BCUT2D eigenvalue weighted by Crippen LogP contribution is 2.33. The number of hydrogen-bond acceptors (Lipinski definition) is 2. The lowest BCUT2D eigenvalue weighted by atomic mass is 10.1. The molecule has 0 saturated carbocycles. The van der Waals surface area contributed by atoms with E-state index >= 15 is 0 Å². The zero-order valence-electron chi connectivity index (χ0n) is 11.3. The first-order valence-electron chi connectivity index (χ1n) is 6.62. The number of fused-ring (bicyclic) bond motifs is 4. The standard InChI is InChI=1S/C17H11NO2S/c1-18-13-7-6-10(17(19)20)8-11(13)9-15-16(18)12-4-2-3-5-14(12)21-15/h2-9H,1H3/p+1. The Labute approximate surface area is 124 Å². The van der Waals surface area contributed by atoms with Gasteiger partial charge in [-0.05, 0) is 30.3 Å². The largest absolute Gasteiger partial charge is 0.478 e. The smallest absolute Gasteiger partial charge is 0.335 e. The normalized spacial score (nSPS) is 11.5. The van der Waals surface area contributed by atoms with Gasteiger partial charge in [-0.3, -0.25) is 0 Å². The Morgan fingerprint density at radius 1 is 1.10 bits per heavy atom. The van der Waals surface area contributed by atoms with Gasteiger partial charge in [-0.15, -0.1) is 11.3 Å². The number of aromatic nitrogens is 1. The molecule has 102 valence electrons.